The number of anilines is 1. The Hall–Kier alpha value is -4.13. The second kappa shape index (κ2) is 10.2. The molecule has 2 N–H and O–H groups in total. The molecule has 0 aliphatic heterocycles. The Morgan fingerprint density at radius 3 is 2.38 bits per heavy atom. The van der Waals surface area contributed by atoms with Gasteiger partial charge in [0.25, 0.3) is 5.91 Å². The lowest BCUT2D eigenvalue weighted by Gasteiger charge is -2.14. The number of rotatable bonds is 7. The van der Waals surface area contributed by atoms with Crippen LogP contribution < -0.4 is 10.6 Å². The van der Waals surface area contributed by atoms with Crippen molar-refractivity contribution < 1.29 is 18.0 Å². The van der Waals surface area contributed by atoms with Crippen LogP contribution in [0.4, 0.5) is 18.9 Å². The summed E-state index contributed by atoms with van der Waals surface area (Å²) in [7, 11) is 0. The minimum Gasteiger partial charge on any atom is -0.381 e. The van der Waals surface area contributed by atoms with E-state index in [0.717, 1.165) is 34.5 Å². The van der Waals surface area contributed by atoms with E-state index in [1.807, 2.05) is 30.3 Å². The summed E-state index contributed by atoms with van der Waals surface area (Å²) in [5.41, 5.74) is 3.65. The van der Waals surface area contributed by atoms with Crippen molar-refractivity contribution in [1.29, 1.82) is 0 Å². The molecule has 7 heteroatoms. The van der Waals surface area contributed by atoms with E-state index in [1.54, 1.807) is 48.8 Å². The molecule has 0 radical (unpaired) electrons. The summed E-state index contributed by atoms with van der Waals surface area (Å²) in [6.07, 6.45) is -1.02. The molecule has 4 rings (SSSR count). The number of benzene rings is 3. The molecule has 4 nitrogen and oxygen atoms in total. The van der Waals surface area contributed by atoms with Crippen molar-refractivity contribution in [2.45, 2.75) is 19.3 Å². The average Bonchev–Trinajstić information content (AvgIpc) is 2.87. The van der Waals surface area contributed by atoms with Crippen LogP contribution in [0.3, 0.4) is 0 Å². The molecule has 0 saturated carbocycles. The summed E-state index contributed by atoms with van der Waals surface area (Å²) in [4.78, 5) is 16.4. The second-order valence-electron chi connectivity index (χ2n) is 7.71. The van der Waals surface area contributed by atoms with Crippen LogP contribution in [0, 0.1) is 0 Å². The van der Waals surface area contributed by atoms with Crippen LogP contribution in [0.5, 0.6) is 0 Å². The van der Waals surface area contributed by atoms with Gasteiger partial charge in [0, 0.05) is 36.7 Å². The lowest BCUT2D eigenvalue weighted by atomic mass is 9.98. The van der Waals surface area contributed by atoms with Gasteiger partial charge in [-0.25, -0.2) is 0 Å². The third-order valence-electron chi connectivity index (χ3n) is 5.32. The standard InChI is InChI=1S/C27H22F3N3O/c28-27(29,30)23-8-3-7-21(15-23)25-9-2-1-6-22(25)18-32-24-12-10-20(11-13-24)26(34)33-17-19-5-4-14-31-16-19/h1-16,32H,17-18H2,(H,33,34). The van der Waals surface area contributed by atoms with Gasteiger partial charge in [0.1, 0.15) is 0 Å². The van der Waals surface area contributed by atoms with Gasteiger partial charge in [0.2, 0.25) is 0 Å². The van der Waals surface area contributed by atoms with Crippen LogP contribution in [-0.2, 0) is 19.3 Å². The monoisotopic (exact) mass is 461 g/mol. The van der Waals surface area contributed by atoms with Crippen molar-refractivity contribution in [2.75, 3.05) is 5.32 Å². The maximum atomic E-state index is 13.1. The van der Waals surface area contributed by atoms with E-state index in [4.69, 9.17) is 0 Å². The maximum absolute atomic E-state index is 13.1. The lowest BCUT2D eigenvalue weighted by Crippen LogP contribution is -2.22. The third kappa shape index (κ3) is 5.81. The van der Waals surface area contributed by atoms with Crippen molar-refractivity contribution in [3.8, 4) is 11.1 Å². The summed E-state index contributed by atoms with van der Waals surface area (Å²) in [6, 6.07) is 23.4. The van der Waals surface area contributed by atoms with Gasteiger partial charge < -0.3 is 10.6 Å². The molecule has 4 aromatic rings. The number of carbonyl (C=O) groups is 1. The molecule has 0 unspecified atom stereocenters. The van der Waals surface area contributed by atoms with Gasteiger partial charge in [-0.3, -0.25) is 9.78 Å². The van der Waals surface area contributed by atoms with E-state index in [2.05, 4.69) is 15.6 Å². The first-order valence-corrected chi connectivity index (χ1v) is 10.7. The summed E-state index contributed by atoms with van der Waals surface area (Å²) >= 11 is 0. The number of amides is 1. The fraction of sp³-hybridized carbons (Fsp3) is 0.111. The number of pyridine rings is 1. The lowest BCUT2D eigenvalue weighted by molar-refractivity contribution is -0.137. The van der Waals surface area contributed by atoms with E-state index in [-0.39, 0.29) is 5.91 Å². The van der Waals surface area contributed by atoms with Crippen LogP contribution in [0.25, 0.3) is 11.1 Å². The normalized spacial score (nSPS) is 11.1. The molecular formula is C27H22F3N3O. The number of halogens is 3. The summed E-state index contributed by atoms with van der Waals surface area (Å²) in [5.74, 6) is -0.190. The van der Waals surface area contributed by atoms with E-state index in [1.165, 1.54) is 6.07 Å². The van der Waals surface area contributed by atoms with E-state index in [9.17, 15) is 18.0 Å². The third-order valence-corrected chi connectivity index (χ3v) is 5.32. The summed E-state index contributed by atoms with van der Waals surface area (Å²) in [6.45, 7) is 0.804. The van der Waals surface area contributed by atoms with Crippen LogP contribution in [0.15, 0.2) is 97.3 Å². The van der Waals surface area contributed by atoms with Crippen LogP contribution >= 0.6 is 0 Å². The fourth-order valence-corrected chi connectivity index (χ4v) is 3.54. The zero-order valence-corrected chi connectivity index (χ0v) is 18.1. The number of carbonyl (C=O) groups excluding carboxylic acids is 1. The van der Waals surface area contributed by atoms with Crippen molar-refractivity contribution in [3.05, 3.63) is 120 Å². The topological polar surface area (TPSA) is 54.0 Å². The van der Waals surface area contributed by atoms with Gasteiger partial charge in [-0.15, -0.1) is 0 Å². The molecule has 172 valence electrons. The first-order valence-electron chi connectivity index (χ1n) is 10.7. The van der Waals surface area contributed by atoms with Crippen molar-refractivity contribution in [1.82, 2.24) is 10.3 Å². The molecule has 0 bridgehead atoms. The van der Waals surface area contributed by atoms with Crippen molar-refractivity contribution in [2.24, 2.45) is 0 Å². The van der Waals surface area contributed by atoms with Crippen LogP contribution in [0.1, 0.15) is 27.0 Å². The molecule has 34 heavy (non-hydrogen) atoms. The van der Waals surface area contributed by atoms with Crippen molar-refractivity contribution >= 4 is 11.6 Å². The van der Waals surface area contributed by atoms with E-state index >= 15 is 0 Å². The predicted molar refractivity (Wildman–Crippen MR) is 126 cm³/mol. The molecule has 0 saturated heterocycles. The number of nitrogens with zero attached hydrogens (tertiary/aromatic N) is 1. The Morgan fingerprint density at radius 2 is 1.65 bits per heavy atom. The Bertz CT molecular complexity index is 1260. The van der Waals surface area contributed by atoms with Gasteiger partial charge in [0.15, 0.2) is 0 Å². The highest BCUT2D eigenvalue weighted by Crippen LogP contribution is 2.33. The summed E-state index contributed by atoms with van der Waals surface area (Å²) < 4.78 is 39.4. The number of aromatic nitrogens is 1. The van der Waals surface area contributed by atoms with Crippen LogP contribution in [-0.4, -0.2) is 10.9 Å². The van der Waals surface area contributed by atoms with Crippen LogP contribution in [0.2, 0.25) is 0 Å². The number of hydrogen-bond donors (Lipinski definition) is 2. The van der Waals surface area contributed by atoms with Gasteiger partial charge in [0.05, 0.1) is 5.56 Å². The first kappa shape index (κ1) is 23.0. The Kier molecular flexibility index (Phi) is 6.92. The first-order chi connectivity index (χ1) is 16.4. The molecule has 0 atom stereocenters. The van der Waals surface area contributed by atoms with Crippen molar-refractivity contribution in [3.63, 3.8) is 0 Å². The zero-order valence-electron chi connectivity index (χ0n) is 18.1. The largest absolute Gasteiger partial charge is 0.416 e. The molecule has 0 aliphatic rings. The molecule has 0 aliphatic carbocycles. The zero-order chi connectivity index (χ0) is 24.0. The molecule has 3 aromatic carbocycles. The highest BCUT2D eigenvalue weighted by Gasteiger charge is 2.30. The quantitative estimate of drug-likeness (QED) is 0.339. The average molecular weight is 461 g/mol. The van der Waals surface area contributed by atoms with Gasteiger partial charge >= 0.3 is 6.18 Å². The molecule has 1 aromatic heterocycles. The molecule has 1 amide bonds. The molecular weight excluding hydrogens is 439 g/mol. The predicted octanol–water partition coefficient (Wildman–Crippen LogP) is 6.31. The number of alkyl halides is 3. The van der Waals surface area contributed by atoms with E-state index < -0.39 is 11.7 Å². The SMILES string of the molecule is O=C(NCc1cccnc1)c1ccc(NCc2ccccc2-c2cccc(C(F)(F)F)c2)cc1. The Morgan fingerprint density at radius 1 is 0.853 bits per heavy atom. The second-order valence-corrected chi connectivity index (χ2v) is 7.71. The maximum Gasteiger partial charge on any atom is 0.416 e. The number of nitrogens with one attached hydrogen (secondary N) is 2. The number of hydrogen-bond acceptors (Lipinski definition) is 3. The minimum absolute atomic E-state index is 0.190. The highest BCUT2D eigenvalue weighted by molar-refractivity contribution is 5.94. The molecule has 0 fully saturated rings. The smallest absolute Gasteiger partial charge is 0.381 e. The molecule has 1 heterocycles. The summed E-state index contributed by atoms with van der Waals surface area (Å²) in [5, 5.41) is 6.13. The van der Waals surface area contributed by atoms with Gasteiger partial charge in [-0.2, -0.15) is 13.2 Å². The van der Waals surface area contributed by atoms with Gasteiger partial charge in [-0.1, -0.05) is 42.5 Å². The highest BCUT2D eigenvalue weighted by atomic mass is 19.4. The van der Waals surface area contributed by atoms with Gasteiger partial charge in [-0.05, 0) is 64.7 Å². The molecule has 0 spiro atoms. The fourth-order valence-electron chi connectivity index (χ4n) is 3.54. The van der Waals surface area contributed by atoms with E-state index in [0.29, 0.717) is 24.2 Å². The minimum atomic E-state index is -4.39. The Labute approximate surface area is 195 Å². The Balaban J connectivity index is 1.41.